The first-order valence-electron chi connectivity index (χ1n) is 9.41. The molecule has 0 aliphatic rings. The van der Waals surface area contributed by atoms with Gasteiger partial charge in [0.1, 0.15) is 11.6 Å². The number of hydrogen-bond acceptors (Lipinski definition) is 5. The summed E-state index contributed by atoms with van der Waals surface area (Å²) in [4.78, 5) is 35.6. The monoisotopic (exact) mass is 402 g/mol. The van der Waals surface area contributed by atoms with E-state index in [1.165, 1.54) is 6.08 Å². The molecule has 0 radical (unpaired) electrons. The number of aromatic nitrogens is 1. The molecule has 0 spiro atoms. The van der Waals surface area contributed by atoms with E-state index < -0.39 is 30.1 Å². The van der Waals surface area contributed by atoms with Crippen LogP contribution in [0.3, 0.4) is 0 Å². The summed E-state index contributed by atoms with van der Waals surface area (Å²) in [5, 5.41) is 13.9. The molecule has 0 aromatic carbocycles. The van der Waals surface area contributed by atoms with Crippen molar-refractivity contribution < 1.29 is 19.1 Å². The van der Waals surface area contributed by atoms with Crippen LogP contribution in [0.5, 0.6) is 0 Å². The number of amides is 3. The Bertz CT molecular complexity index is 851. The summed E-state index contributed by atoms with van der Waals surface area (Å²) in [7, 11) is 0. The number of nitrogens with one attached hydrogen (secondary N) is 2. The van der Waals surface area contributed by atoms with Gasteiger partial charge in [0.25, 0.3) is 5.91 Å². The lowest BCUT2D eigenvalue weighted by Crippen LogP contribution is -2.49. The highest BCUT2D eigenvalue weighted by molar-refractivity contribution is 6.00. The van der Waals surface area contributed by atoms with Crippen LogP contribution in [0.25, 0.3) is 6.08 Å². The van der Waals surface area contributed by atoms with Crippen LogP contribution >= 0.6 is 0 Å². The van der Waals surface area contributed by atoms with Crippen molar-refractivity contribution in [2.24, 2.45) is 5.92 Å². The molecule has 8 heteroatoms. The predicted octanol–water partition coefficient (Wildman–Crippen LogP) is 2.84. The number of aryl methyl sites for hydroxylation is 1. The van der Waals surface area contributed by atoms with Crippen molar-refractivity contribution >= 4 is 24.0 Å². The molecular formula is C21H30N4O4. The number of rotatable bonds is 6. The lowest BCUT2D eigenvalue weighted by Gasteiger charge is -2.20. The first kappa shape index (κ1) is 24.0. The Morgan fingerprint density at radius 1 is 1.28 bits per heavy atom. The summed E-state index contributed by atoms with van der Waals surface area (Å²) in [6.07, 6.45) is 1.45. The smallest absolute Gasteiger partial charge is 0.349 e. The van der Waals surface area contributed by atoms with Crippen molar-refractivity contribution in [2.75, 3.05) is 6.61 Å². The molecule has 0 unspecified atom stereocenters. The van der Waals surface area contributed by atoms with Crippen LogP contribution in [0.1, 0.15) is 51.6 Å². The molecule has 3 amide bonds. The Morgan fingerprint density at radius 2 is 1.90 bits per heavy atom. The van der Waals surface area contributed by atoms with Crippen LogP contribution in [0.15, 0.2) is 11.6 Å². The van der Waals surface area contributed by atoms with Gasteiger partial charge in [0, 0.05) is 23.5 Å². The maximum atomic E-state index is 12.2. The molecule has 2 N–H and O–H groups in total. The minimum atomic E-state index is -0.924. The van der Waals surface area contributed by atoms with E-state index >= 15 is 0 Å². The summed E-state index contributed by atoms with van der Waals surface area (Å²) in [6, 6.07) is 3.02. The summed E-state index contributed by atoms with van der Waals surface area (Å²) in [6.45, 7) is 13.6. The molecule has 158 valence electrons. The lowest BCUT2D eigenvalue weighted by molar-refractivity contribution is -0.144. The number of nitriles is 1. The molecule has 29 heavy (non-hydrogen) atoms. The number of ether oxygens (including phenoxy) is 1. The van der Waals surface area contributed by atoms with Crippen LogP contribution in [0, 0.1) is 31.1 Å². The van der Waals surface area contributed by atoms with Gasteiger partial charge in [-0.3, -0.25) is 10.1 Å². The third kappa shape index (κ3) is 7.82. The first-order valence-corrected chi connectivity index (χ1v) is 9.41. The number of imide groups is 1. The van der Waals surface area contributed by atoms with Gasteiger partial charge in [-0.25, -0.2) is 9.59 Å². The summed E-state index contributed by atoms with van der Waals surface area (Å²) >= 11 is 0. The Balaban J connectivity index is 2.79. The normalized spacial score (nSPS) is 11.8. The van der Waals surface area contributed by atoms with Crippen LogP contribution in [0.2, 0.25) is 0 Å². The average molecular weight is 402 g/mol. The number of carbonyl (C=O) groups excluding carboxylic acids is 3. The highest BCUT2D eigenvalue weighted by atomic mass is 16.5. The molecule has 0 aliphatic heterocycles. The second-order valence-corrected chi connectivity index (χ2v) is 8.33. The Labute approximate surface area is 171 Å². The van der Waals surface area contributed by atoms with Crippen molar-refractivity contribution in [3.05, 3.63) is 28.6 Å². The average Bonchev–Trinajstić information content (AvgIpc) is 2.82. The van der Waals surface area contributed by atoms with Crippen molar-refractivity contribution in [3.8, 4) is 6.07 Å². The zero-order chi connectivity index (χ0) is 22.4. The van der Waals surface area contributed by atoms with Gasteiger partial charge in [-0.2, -0.15) is 5.26 Å². The van der Waals surface area contributed by atoms with E-state index in [9.17, 15) is 19.6 Å². The van der Waals surface area contributed by atoms with Crippen molar-refractivity contribution in [3.63, 3.8) is 0 Å². The van der Waals surface area contributed by atoms with E-state index in [0.29, 0.717) is 5.92 Å². The number of nitrogens with zero attached hydrogens (tertiary/aromatic N) is 2. The lowest BCUT2D eigenvalue weighted by atomic mass is 10.1. The third-order valence-electron chi connectivity index (χ3n) is 3.88. The van der Waals surface area contributed by atoms with Gasteiger partial charge >= 0.3 is 12.0 Å². The highest BCUT2D eigenvalue weighted by Gasteiger charge is 2.18. The Morgan fingerprint density at radius 3 is 2.41 bits per heavy atom. The van der Waals surface area contributed by atoms with E-state index in [2.05, 4.69) is 29.0 Å². The first-order chi connectivity index (χ1) is 13.3. The van der Waals surface area contributed by atoms with E-state index in [0.717, 1.165) is 23.5 Å². The SMILES string of the molecule is Cc1cc(C=C(C#N)C(=O)OCC(=O)NC(=O)NC(C)(C)C)c(C)n1CC(C)C. The quantitative estimate of drug-likeness (QED) is 0.431. The predicted molar refractivity (Wildman–Crippen MR) is 110 cm³/mol. The Hall–Kier alpha value is -3.08. The van der Waals surface area contributed by atoms with Crippen LogP contribution in [-0.2, 0) is 20.9 Å². The third-order valence-corrected chi connectivity index (χ3v) is 3.88. The molecule has 0 saturated heterocycles. The highest BCUT2D eigenvalue weighted by Crippen LogP contribution is 2.20. The second kappa shape index (κ2) is 9.92. The molecule has 1 aromatic heterocycles. The van der Waals surface area contributed by atoms with Gasteiger partial charge in [-0.15, -0.1) is 0 Å². The Kier molecular flexibility index (Phi) is 8.19. The molecule has 0 fully saturated rings. The fourth-order valence-corrected chi connectivity index (χ4v) is 2.66. The summed E-state index contributed by atoms with van der Waals surface area (Å²) < 4.78 is 7.00. The van der Waals surface area contributed by atoms with Crippen molar-refractivity contribution in [1.82, 2.24) is 15.2 Å². The molecule has 1 aromatic rings. The van der Waals surface area contributed by atoms with Gasteiger partial charge < -0.3 is 14.6 Å². The van der Waals surface area contributed by atoms with Gasteiger partial charge in [0.15, 0.2) is 6.61 Å². The second-order valence-electron chi connectivity index (χ2n) is 8.33. The maximum absolute atomic E-state index is 12.2. The number of carbonyl (C=O) groups is 3. The minimum absolute atomic E-state index is 0.221. The topological polar surface area (TPSA) is 113 Å². The fraction of sp³-hybridized carbons (Fsp3) is 0.524. The van der Waals surface area contributed by atoms with Crippen LogP contribution in [-0.4, -0.2) is 34.6 Å². The molecule has 1 rings (SSSR count). The summed E-state index contributed by atoms with van der Waals surface area (Å²) in [5.41, 5.74) is 1.97. The van der Waals surface area contributed by atoms with Crippen LogP contribution in [0.4, 0.5) is 4.79 Å². The van der Waals surface area contributed by atoms with Gasteiger partial charge in [0.2, 0.25) is 0 Å². The van der Waals surface area contributed by atoms with Crippen molar-refractivity contribution in [2.45, 2.75) is 60.5 Å². The molecule has 0 saturated carbocycles. The molecule has 1 heterocycles. The summed E-state index contributed by atoms with van der Waals surface area (Å²) in [5.74, 6) is -1.26. The van der Waals surface area contributed by atoms with Crippen LogP contribution < -0.4 is 10.6 Å². The maximum Gasteiger partial charge on any atom is 0.349 e. The minimum Gasteiger partial charge on any atom is -0.451 e. The zero-order valence-electron chi connectivity index (χ0n) is 18.2. The molecule has 8 nitrogen and oxygen atoms in total. The van der Waals surface area contributed by atoms with E-state index in [1.54, 1.807) is 20.8 Å². The standard InChI is InChI=1S/C21H30N4O4/c1-13(2)11-25-14(3)8-16(15(25)4)9-17(10-22)19(27)29-12-18(26)23-20(28)24-21(5,6)7/h8-9,13H,11-12H2,1-7H3,(H2,23,24,26,28). The van der Waals surface area contributed by atoms with Gasteiger partial charge in [-0.1, -0.05) is 13.8 Å². The van der Waals surface area contributed by atoms with E-state index in [4.69, 9.17) is 4.74 Å². The molecule has 0 aliphatic carbocycles. The van der Waals surface area contributed by atoms with Crippen molar-refractivity contribution in [1.29, 1.82) is 5.26 Å². The van der Waals surface area contributed by atoms with Gasteiger partial charge in [-0.05, 0) is 58.2 Å². The van der Waals surface area contributed by atoms with E-state index in [1.807, 2.05) is 26.0 Å². The van der Waals surface area contributed by atoms with E-state index in [-0.39, 0.29) is 5.57 Å². The molecular weight excluding hydrogens is 372 g/mol. The van der Waals surface area contributed by atoms with Gasteiger partial charge in [0.05, 0.1) is 0 Å². The number of urea groups is 1. The molecule has 0 atom stereocenters. The number of hydrogen-bond donors (Lipinski definition) is 2. The fourth-order valence-electron chi connectivity index (χ4n) is 2.66. The zero-order valence-corrected chi connectivity index (χ0v) is 18.2. The largest absolute Gasteiger partial charge is 0.451 e. The molecule has 0 bridgehead atoms. The number of esters is 1.